The SMILES string of the molecule is O=C(NO)C(c1ccccc1)c1ccc(C#CCCc2ccccc2)cc1. The maximum Gasteiger partial charge on any atom is 0.255 e. The molecule has 0 bridgehead atoms. The number of hydroxylamine groups is 1. The molecule has 0 radical (unpaired) electrons. The molecule has 3 nitrogen and oxygen atoms in total. The Balaban J connectivity index is 1.70. The van der Waals surface area contributed by atoms with Gasteiger partial charge in [0.05, 0.1) is 5.92 Å². The molecule has 0 saturated heterocycles. The Morgan fingerprint density at radius 3 is 2.07 bits per heavy atom. The first kappa shape index (κ1) is 18.4. The predicted molar refractivity (Wildman–Crippen MR) is 106 cm³/mol. The van der Waals surface area contributed by atoms with Gasteiger partial charge in [0.25, 0.3) is 5.91 Å². The standard InChI is InChI=1S/C24H21NO2/c26-24(25-27)23(21-13-5-2-6-14-21)22-17-15-20(16-18-22)12-8-7-11-19-9-3-1-4-10-19/h1-6,9-10,13-18,23,27H,7,11H2,(H,25,26). The van der Waals surface area contributed by atoms with E-state index < -0.39 is 11.8 Å². The molecular weight excluding hydrogens is 334 g/mol. The van der Waals surface area contributed by atoms with Crippen LogP contribution in [0.3, 0.4) is 0 Å². The lowest BCUT2D eigenvalue weighted by Crippen LogP contribution is -2.27. The van der Waals surface area contributed by atoms with Crippen molar-refractivity contribution in [1.82, 2.24) is 5.48 Å². The molecule has 0 saturated carbocycles. The third kappa shape index (κ3) is 5.07. The molecule has 0 spiro atoms. The number of carbonyl (C=O) groups is 1. The summed E-state index contributed by atoms with van der Waals surface area (Å²) in [5.74, 6) is 5.34. The lowest BCUT2D eigenvalue weighted by molar-refractivity contribution is -0.129. The minimum absolute atomic E-state index is 0.456. The van der Waals surface area contributed by atoms with Gasteiger partial charge in [0.2, 0.25) is 0 Å². The predicted octanol–water partition coefficient (Wildman–Crippen LogP) is 4.31. The van der Waals surface area contributed by atoms with Gasteiger partial charge in [-0.1, -0.05) is 84.6 Å². The van der Waals surface area contributed by atoms with Gasteiger partial charge in [-0.2, -0.15) is 0 Å². The fourth-order valence-electron chi connectivity index (χ4n) is 2.98. The Hall–Kier alpha value is -3.35. The molecule has 3 aromatic carbocycles. The average molecular weight is 355 g/mol. The molecule has 1 unspecified atom stereocenters. The van der Waals surface area contributed by atoms with E-state index in [2.05, 4.69) is 24.0 Å². The van der Waals surface area contributed by atoms with Gasteiger partial charge in [-0.25, -0.2) is 5.48 Å². The van der Waals surface area contributed by atoms with Crippen molar-refractivity contribution in [1.29, 1.82) is 0 Å². The third-order valence-corrected chi connectivity index (χ3v) is 4.36. The van der Waals surface area contributed by atoms with Crippen LogP contribution in [0.5, 0.6) is 0 Å². The molecule has 0 fully saturated rings. The fraction of sp³-hybridized carbons (Fsp3) is 0.125. The first-order valence-electron chi connectivity index (χ1n) is 8.89. The van der Waals surface area contributed by atoms with Crippen molar-refractivity contribution in [2.45, 2.75) is 18.8 Å². The Bertz CT molecular complexity index is 923. The van der Waals surface area contributed by atoms with Gasteiger partial charge in [0.15, 0.2) is 0 Å². The molecule has 134 valence electrons. The highest BCUT2D eigenvalue weighted by Crippen LogP contribution is 2.25. The van der Waals surface area contributed by atoms with E-state index in [-0.39, 0.29) is 0 Å². The molecular formula is C24H21NO2. The smallest absolute Gasteiger partial charge is 0.255 e. The van der Waals surface area contributed by atoms with Crippen LogP contribution in [-0.2, 0) is 11.2 Å². The second-order valence-electron chi connectivity index (χ2n) is 6.23. The van der Waals surface area contributed by atoms with Crippen LogP contribution in [0.25, 0.3) is 0 Å². The molecule has 0 heterocycles. The number of nitrogens with one attached hydrogen (secondary N) is 1. The topological polar surface area (TPSA) is 49.3 Å². The quantitative estimate of drug-likeness (QED) is 0.407. The van der Waals surface area contributed by atoms with E-state index in [1.165, 1.54) is 5.56 Å². The summed E-state index contributed by atoms with van der Waals surface area (Å²) in [6.45, 7) is 0. The van der Waals surface area contributed by atoms with Crippen LogP contribution in [0.2, 0.25) is 0 Å². The normalized spacial score (nSPS) is 11.1. The second kappa shape index (κ2) is 9.38. The van der Waals surface area contributed by atoms with Crippen LogP contribution in [0.1, 0.15) is 34.6 Å². The van der Waals surface area contributed by atoms with Crippen LogP contribution in [0.15, 0.2) is 84.9 Å². The molecule has 3 heteroatoms. The van der Waals surface area contributed by atoms with Crippen molar-refractivity contribution in [3.05, 3.63) is 107 Å². The van der Waals surface area contributed by atoms with Crippen LogP contribution in [0, 0.1) is 11.8 Å². The summed E-state index contributed by atoms with van der Waals surface area (Å²) in [5, 5.41) is 9.10. The van der Waals surface area contributed by atoms with Gasteiger partial charge in [0.1, 0.15) is 0 Å². The molecule has 0 aromatic heterocycles. The molecule has 1 atom stereocenters. The van der Waals surface area contributed by atoms with Crippen molar-refractivity contribution in [3.63, 3.8) is 0 Å². The molecule has 3 aromatic rings. The van der Waals surface area contributed by atoms with Gasteiger partial charge in [-0.15, -0.1) is 0 Å². The lowest BCUT2D eigenvalue weighted by atomic mass is 9.90. The summed E-state index contributed by atoms with van der Waals surface area (Å²) >= 11 is 0. The monoisotopic (exact) mass is 355 g/mol. The Kier molecular flexibility index (Phi) is 6.40. The number of carbonyl (C=O) groups excluding carboxylic acids is 1. The first-order valence-corrected chi connectivity index (χ1v) is 8.89. The minimum Gasteiger partial charge on any atom is -0.289 e. The summed E-state index contributed by atoms with van der Waals surface area (Å²) < 4.78 is 0. The van der Waals surface area contributed by atoms with Gasteiger partial charge in [-0.3, -0.25) is 10.0 Å². The van der Waals surface area contributed by atoms with Gasteiger partial charge in [0, 0.05) is 12.0 Å². The van der Waals surface area contributed by atoms with Crippen LogP contribution in [0.4, 0.5) is 0 Å². The molecule has 0 aliphatic heterocycles. The zero-order valence-corrected chi connectivity index (χ0v) is 14.9. The summed E-state index contributed by atoms with van der Waals surface area (Å²) in [4.78, 5) is 12.2. The maximum atomic E-state index is 12.2. The van der Waals surface area contributed by atoms with Gasteiger partial charge in [-0.05, 0) is 35.2 Å². The number of amides is 1. The van der Waals surface area contributed by atoms with E-state index in [1.54, 1.807) is 5.48 Å². The molecule has 1 amide bonds. The van der Waals surface area contributed by atoms with Crippen LogP contribution >= 0.6 is 0 Å². The van der Waals surface area contributed by atoms with Crippen molar-refractivity contribution >= 4 is 5.91 Å². The minimum atomic E-state index is -0.559. The Morgan fingerprint density at radius 2 is 1.44 bits per heavy atom. The Morgan fingerprint density at radius 1 is 0.852 bits per heavy atom. The summed E-state index contributed by atoms with van der Waals surface area (Å²) in [7, 11) is 0. The van der Waals surface area contributed by atoms with Crippen LogP contribution < -0.4 is 5.48 Å². The summed E-state index contributed by atoms with van der Waals surface area (Å²) in [5.41, 5.74) is 5.59. The number of aryl methyl sites for hydroxylation is 1. The van der Waals surface area contributed by atoms with E-state index in [0.29, 0.717) is 0 Å². The van der Waals surface area contributed by atoms with E-state index in [4.69, 9.17) is 5.21 Å². The van der Waals surface area contributed by atoms with Gasteiger partial charge >= 0.3 is 0 Å². The highest BCUT2D eigenvalue weighted by molar-refractivity contribution is 5.86. The molecule has 27 heavy (non-hydrogen) atoms. The average Bonchev–Trinajstić information content (AvgIpc) is 2.74. The third-order valence-electron chi connectivity index (χ3n) is 4.36. The highest BCUT2D eigenvalue weighted by atomic mass is 16.5. The zero-order valence-electron chi connectivity index (χ0n) is 14.9. The van der Waals surface area contributed by atoms with Crippen molar-refractivity contribution < 1.29 is 10.0 Å². The van der Waals surface area contributed by atoms with E-state index >= 15 is 0 Å². The van der Waals surface area contributed by atoms with Crippen molar-refractivity contribution in [2.24, 2.45) is 0 Å². The van der Waals surface area contributed by atoms with E-state index in [1.807, 2.05) is 72.8 Å². The first-order chi connectivity index (χ1) is 13.3. The van der Waals surface area contributed by atoms with E-state index in [0.717, 1.165) is 29.5 Å². The Labute approximate surface area is 159 Å². The number of benzene rings is 3. The van der Waals surface area contributed by atoms with Gasteiger partial charge < -0.3 is 0 Å². The van der Waals surface area contributed by atoms with Crippen LogP contribution in [-0.4, -0.2) is 11.1 Å². The van der Waals surface area contributed by atoms with Crippen molar-refractivity contribution in [3.8, 4) is 11.8 Å². The number of hydrogen-bond acceptors (Lipinski definition) is 2. The molecule has 0 aliphatic rings. The summed E-state index contributed by atoms with van der Waals surface area (Å²) in [6.07, 6.45) is 1.73. The highest BCUT2D eigenvalue weighted by Gasteiger charge is 2.22. The molecule has 2 N–H and O–H groups in total. The second-order valence-corrected chi connectivity index (χ2v) is 6.23. The molecule has 0 aliphatic carbocycles. The van der Waals surface area contributed by atoms with Crippen molar-refractivity contribution in [2.75, 3.05) is 0 Å². The van der Waals surface area contributed by atoms with E-state index in [9.17, 15) is 4.79 Å². The fourth-order valence-corrected chi connectivity index (χ4v) is 2.98. The zero-order chi connectivity index (χ0) is 18.9. The lowest BCUT2D eigenvalue weighted by Gasteiger charge is -2.15. The largest absolute Gasteiger partial charge is 0.289 e. The maximum absolute atomic E-state index is 12.2. The number of hydrogen-bond donors (Lipinski definition) is 2. The number of rotatable bonds is 5. The molecule has 3 rings (SSSR count). The summed E-state index contributed by atoms with van der Waals surface area (Å²) in [6, 6.07) is 27.3.